The Morgan fingerprint density at radius 2 is 1.62 bits per heavy atom. The van der Waals surface area contributed by atoms with Gasteiger partial charge >= 0.3 is 0 Å². The zero-order valence-corrected chi connectivity index (χ0v) is 16.4. The minimum atomic E-state index is 0.111. The van der Waals surface area contributed by atoms with Crippen LogP contribution in [0.4, 0.5) is 0 Å². The fraction of sp³-hybridized carbons (Fsp3) is 0.429. The highest BCUT2D eigenvalue weighted by atomic mass is 16.1. The highest BCUT2D eigenvalue weighted by Gasteiger charge is 2.10. The molecule has 5 heteroatoms. The van der Waals surface area contributed by atoms with Crippen molar-refractivity contribution >= 4 is 24.0 Å². The molecule has 0 aromatic rings. The van der Waals surface area contributed by atoms with E-state index in [0.717, 1.165) is 18.5 Å². The Balaban J connectivity index is 0.000000488. The third kappa shape index (κ3) is 11.9. The number of hydrogen-bond acceptors (Lipinski definition) is 3. The Morgan fingerprint density at radius 1 is 1.04 bits per heavy atom. The van der Waals surface area contributed by atoms with Gasteiger partial charge in [0.2, 0.25) is 0 Å². The molecular weight excluding hydrogens is 326 g/mol. The van der Waals surface area contributed by atoms with E-state index < -0.39 is 0 Å². The van der Waals surface area contributed by atoms with Crippen molar-refractivity contribution in [1.82, 2.24) is 5.32 Å². The summed E-state index contributed by atoms with van der Waals surface area (Å²) in [4.78, 5) is 27.2. The van der Waals surface area contributed by atoms with Gasteiger partial charge in [-0.25, -0.2) is 9.98 Å². The molecule has 0 unspecified atom stereocenters. The van der Waals surface area contributed by atoms with Gasteiger partial charge in [-0.1, -0.05) is 25.3 Å². The topological polar surface area (TPSA) is 74.1 Å². The van der Waals surface area contributed by atoms with Crippen molar-refractivity contribution in [1.29, 1.82) is 0 Å². The predicted molar refractivity (Wildman–Crippen MR) is 108 cm³/mol. The minimum Gasteiger partial charge on any atom is -0.383 e. The molecule has 3 N–H and O–H groups in total. The van der Waals surface area contributed by atoms with E-state index in [1.54, 1.807) is 26.3 Å². The second-order valence-electron chi connectivity index (χ2n) is 6.02. The predicted octanol–water partition coefficient (Wildman–Crippen LogP) is -0.200. The molecule has 0 fully saturated rings. The maximum Gasteiger partial charge on any atom is 0.198 e. The van der Waals surface area contributed by atoms with Crippen molar-refractivity contribution in [2.24, 2.45) is 0 Å². The second kappa shape index (κ2) is 14.8. The summed E-state index contributed by atoms with van der Waals surface area (Å²) in [6.45, 7) is 11.3. The van der Waals surface area contributed by atoms with Crippen LogP contribution in [-0.2, 0) is 9.59 Å². The summed E-state index contributed by atoms with van der Waals surface area (Å²) in [5.74, 6) is 0.276. The monoisotopic (exact) mass is 359 g/mol. The van der Waals surface area contributed by atoms with Crippen LogP contribution in [0, 0.1) is 0 Å². The number of carbonyl (C=O) groups excluding carboxylic acids is 2. The molecule has 0 aromatic carbocycles. The first-order chi connectivity index (χ1) is 12.4. The van der Waals surface area contributed by atoms with Crippen LogP contribution < -0.4 is 15.3 Å². The summed E-state index contributed by atoms with van der Waals surface area (Å²) < 4.78 is 0. The Morgan fingerprint density at radius 3 is 2.12 bits per heavy atom. The maximum atomic E-state index is 10.7. The smallest absolute Gasteiger partial charge is 0.198 e. The normalized spacial score (nSPS) is 14.8. The molecule has 0 saturated heterocycles. The quantitative estimate of drug-likeness (QED) is 0.394. The van der Waals surface area contributed by atoms with E-state index in [0.29, 0.717) is 13.1 Å². The zero-order valence-electron chi connectivity index (χ0n) is 16.4. The number of ketones is 2. The lowest BCUT2D eigenvalue weighted by atomic mass is 9.92. The molecule has 1 aliphatic carbocycles. The van der Waals surface area contributed by atoms with Gasteiger partial charge in [0.15, 0.2) is 37.1 Å². The van der Waals surface area contributed by atoms with E-state index >= 15 is 0 Å². The standard InChI is InChI=1S/C12H17NO.C9H14N2O/c1-3-11-6-4-5-7-12(11)9-13-8-10(2)14;1-4-5-9(10-3)7-11-6-8(2)12/h3,9H,1,4-8H2,2H3;4-5,7,10H,1,6H2,2-3H3/p+2/b;9-5+,11-7?. The van der Waals surface area contributed by atoms with Crippen LogP contribution in [0.3, 0.4) is 0 Å². The first kappa shape index (κ1) is 23.4. The fourth-order valence-corrected chi connectivity index (χ4v) is 2.30. The summed E-state index contributed by atoms with van der Waals surface area (Å²) >= 11 is 0. The third-order valence-corrected chi connectivity index (χ3v) is 3.62. The van der Waals surface area contributed by atoms with Crippen LogP contribution in [0.1, 0.15) is 39.5 Å². The van der Waals surface area contributed by atoms with Gasteiger partial charge in [0.05, 0.1) is 5.70 Å². The SMILES string of the molecule is C=C/C=C(\C=[NH+]CC(C)=O)NC.C=CC1=C(C=[NH+]CC(C)=O)CCCC1. The van der Waals surface area contributed by atoms with Crippen LogP contribution in [0.15, 0.2) is 48.2 Å². The van der Waals surface area contributed by atoms with Crippen molar-refractivity contribution in [2.75, 3.05) is 20.1 Å². The van der Waals surface area contributed by atoms with E-state index in [1.807, 2.05) is 18.4 Å². The van der Waals surface area contributed by atoms with E-state index in [2.05, 4.69) is 28.5 Å². The molecule has 1 rings (SSSR count). The molecule has 0 amide bonds. The first-order valence-corrected chi connectivity index (χ1v) is 8.91. The molecule has 26 heavy (non-hydrogen) atoms. The summed E-state index contributed by atoms with van der Waals surface area (Å²) in [6, 6.07) is 0. The lowest BCUT2D eigenvalue weighted by Crippen LogP contribution is -2.71. The summed E-state index contributed by atoms with van der Waals surface area (Å²) in [6.07, 6.45) is 13.9. The van der Waals surface area contributed by atoms with Crippen molar-refractivity contribution in [2.45, 2.75) is 39.5 Å². The lowest BCUT2D eigenvalue weighted by Gasteiger charge is -2.12. The van der Waals surface area contributed by atoms with Gasteiger partial charge in [-0.05, 0) is 37.3 Å². The Bertz CT molecular complexity index is 611. The molecule has 5 nitrogen and oxygen atoms in total. The summed E-state index contributed by atoms with van der Waals surface area (Å²) in [5.41, 5.74) is 3.53. The number of allylic oxidation sites excluding steroid dienone is 6. The molecule has 0 aliphatic heterocycles. The van der Waals surface area contributed by atoms with Crippen LogP contribution in [0.5, 0.6) is 0 Å². The minimum absolute atomic E-state index is 0.111. The molecule has 0 saturated carbocycles. The van der Waals surface area contributed by atoms with E-state index in [9.17, 15) is 9.59 Å². The number of rotatable bonds is 9. The van der Waals surface area contributed by atoms with Crippen LogP contribution in [0.2, 0.25) is 0 Å². The lowest BCUT2D eigenvalue weighted by molar-refractivity contribution is -0.438. The van der Waals surface area contributed by atoms with Gasteiger partial charge in [-0.15, -0.1) is 0 Å². The Kier molecular flexibility index (Phi) is 13.3. The van der Waals surface area contributed by atoms with E-state index in [1.165, 1.54) is 30.9 Å². The molecule has 0 heterocycles. The molecule has 0 aromatic heterocycles. The number of Topliss-reactive ketones (excluding diaryl/α,β-unsaturated/α-hetero) is 2. The van der Waals surface area contributed by atoms with Gasteiger partial charge in [0.1, 0.15) is 0 Å². The molecular formula is C21H33N3O2+2. The van der Waals surface area contributed by atoms with Crippen molar-refractivity contribution in [3.63, 3.8) is 0 Å². The van der Waals surface area contributed by atoms with Gasteiger partial charge < -0.3 is 5.32 Å². The van der Waals surface area contributed by atoms with E-state index in [-0.39, 0.29) is 11.6 Å². The molecule has 0 spiro atoms. The van der Waals surface area contributed by atoms with Crippen LogP contribution in [0.25, 0.3) is 0 Å². The highest BCUT2D eigenvalue weighted by Crippen LogP contribution is 2.23. The molecule has 1 aliphatic rings. The van der Waals surface area contributed by atoms with Gasteiger partial charge in [-0.2, -0.15) is 0 Å². The molecule has 0 bridgehead atoms. The zero-order chi connectivity index (χ0) is 19.8. The summed E-state index contributed by atoms with van der Waals surface area (Å²) in [7, 11) is 1.81. The largest absolute Gasteiger partial charge is 0.383 e. The van der Waals surface area contributed by atoms with E-state index in [4.69, 9.17) is 0 Å². The van der Waals surface area contributed by atoms with Gasteiger partial charge in [0.25, 0.3) is 0 Å². The number of hydrogen-bond donors (Lipinski definition) is 3. The average molecular weight is 360 g/mol. The van der Waals surface area contributed by atoms with Crippen molar-refractivity contribution in [3.8, 4) is 0 Å². The van der Waals surface area contributed by atoms with Crippen molar-refractivity contribution < 1.29 is 19.6 Å². The molecule has 0 atom stereocenters. The third-order valence-electron chi connectivity index (χ3n) is 3.62. The summed E-state index contributed by atoms with van der Waals surface area (Å²) in [5, 5.41) is 2.94. The van der Waals surface area contributed by atoms with Crippen LogP contribution in [-0.4, -0.2) is 44.1 Å². The first-order valence-electron chi connectivity index (χ1n) is 8.91. The molecule has 0 radical (unpaired) electrons. The van der Waals surface area contributed by atoms with Gasteiger partial charge in [-0.3, -0.25) is 9.59 Å². The number of carbonyl (C=O) groups is 2. The maximum absolute atomic E-state index is 10.7. The Hall–Kier alpha value is -2.56. The fourth-order valence-electron chi connectivity index (χ4n) is 2.30. The Labute approximate surface area is 157 Å². The second-order valence-corrected chi connectivity index (χ2v) is 6.02. The van der Waals surface area contributed by atoms with Crippen LogP contribution >= 0.6 is 0 Å². The van der Waals surface area contributed by atoms with Gasteiger partial charge in [0, 0.05) is 26.5 Å². The number of nitrogens with one attached hydrogen (secondary N) is 3. The molecule has 142 valence electrons. The van der Waals surface area contributed by atoms with Crippen molar-refractivity contribution in [3.05, 3.63) is 48.2 Å². The highest BCUT2D eigenvalue weighted by molar-refractivity contribution is 5.79. The average Bonchev–Trinajstić information content (AvgIpc) is 2.61.